The first kappa shape index (κ1) is 10.8. The number of benzene rings is 1. The van der Waals surface area contributed by atoms with Crippen LogP contribution in [0, 0.1) is 6.92 Å². The molecule has 1 aliphatic heterocycles. The van der Waals surface area contributed by atoms with Crippen LogP contribution >= 0.6 is 11.8 Å². The van der Waals surface area contributed by atoms with Crippen LogP contribution in [-0.2, 0) is 0 Å². The Balaban J connectivity index is 1.86. The normalized spacial score (nSPS) is 19.7. The van der Waals surface area contributed by atoms with Crippen molar-refractivity contribution >= 4 is 11.8 Å². The summed E-state index contributed by atoms with van der Waals surface area (Å²) in [7, 11) is 0. The molecule has 0 radical (unpaired) electrons. The van der Waals surface area contributed by atoms with Gasteiger partial charge in [0.25, 0.3) is 0 Å². The second kappa shape index (κ2) is 4.50. The van der Waals surface area contributed by atoms with Gasteiger partial charge in [0.1, 0.15) is 0 Å². The number of aromatic nitrogens is 2. The lowest BCUT2D eigenvalue weighted by Crippen LogP contribution is -2.14. The van der Waals surface area contributed by atoms with Gasteiger partial charge in [-0.2, -0.15) is 4.98 Å². The van der Waals surface area contributed by atoms with Gasteiger partial charge in [-0.25, -0.2) is 0 Å². The minimum absolute atomic E-state index is 0.201. The Kier molecular flexibility index (Phi) is 2.86. The SMILES string of the molecule is Cc1ccc(-c2noc(C3CSCN3)n2)cc1. The van der Waals surface area contributed by atoms with E-state index in [4.69, 9.17) is 4.52 Å². The number of thioether (sulfide) groups is 1. The van der Waals surface area contributed by atoms with Gasteiger partial charge in [-0.15, -0.1) is 11.8 Å². The van der Waals surface area contributed by atoms with Crippen LogP contribution < -0.4 is 5.32 Å². The Labute approximate surface area is 104 Å². The summed E-state index contributed by atoms with van der Waals surface area (Å²) < 4.78 is 5.30. The van der Waals surface area contributed by atoms with Gasteiger partial charge in [-0.05, 0) is 6.92 Å². The lowest BCUT2D eigenvalue weighted by atomic mass is 10.1. The highest BCUT2D eigenvalue weighted by atomic mass is 32.2. The van der Waals surface area contributed by atoms with E-state index >= 15 is 0 Å². The minimum atomic E-state index is 0.201. The maximum atomic E-state index is 5.30. The molecule has 0 aliphatic carbocycles. The van der Waals surface area contributed by atoms with Gasteiger partial charge in [0.05, 0.1) is 6.04 Å². The molecular weight excluding hydrogens is 234 g/mol. The quantitative estimate of drug-likeness (QED) is 0.883. The van der Waals surface area contributed by atoms with E-state index in [1.54, 1.807) is 0 Å². The number of rotatable bonds is 2. The molecule has 0 saturated carbocycles. The van der Waals surface area contributed by atoms with Crippen LogP contribution in [0.5, 0.6) is 0 Å². The largest absolute Gasteiger partial charge is 0.337 e. The first-order chi connectivity index (χ1) is 8.33. The molecule has 17 heavy (non-hydrogen) atoms. The van der Waals surface area contributed by atoms with Gasteiger partial charge in [0.2, 0.25) is 11.7 Å². The fraction of sp³-hybridized carbons (Fsp3) is 0.333. The zero-order chi connectivity index (χ0) is 11.7. The van der Waals surface area contributed by atoms with E-state index in [9.17, 15) is 0 Å². The predicted molar refractivity (Wildman–Crippen MR) is 67.7 cm³/mol. The molecule has 0 amide bonds. The molecule has 2 heterocycles. The van der Waals surface area contributed by atoms with Crippen LogP contribution in [0.25, 0.3) is 11.4 Å². The molecule has 5 heteroatoms. The van der Waals surface area contributed by atoms with Gasteiger partial charge < -0.3 is 4.52 Å². The van der Waals surface area contributed by atoms with Crippen molar-refractivity contribution < 1.29 is 4.52 Å². The van der Waals surface area contributed by atoms with E-state index in [1.807, 2.05) is 23.9 Å². The second-order valence-corrected chi connectivity index (χ2v) is 5.12. The number of aryl methyl sites for hydroxylation is 1. The van der Waals surface area contributed by atoms with E-state index in [2.05, 4.69) is 34.5 Å². The summed E-state index contributed by atoms with van der Waals surface area (Å²) >= 11 is 1.85. The van der Waals surface area contributed by atoms with Crippen LogP contribution in [0.4, 0.5) is 0 Å². The summed E-state index contributed by atoms with van der Waals surface area (Å²) in [6.45, 7) is 2.06. The summed E-state index contributed by atoms with van der Waals surface area (Å²) in [6, 6.07) is 8.33. The number of hydrogen-bond acceptors (Lipinski definition) is 5. The molecule has 1 aromatic carbocycles. The van der Waals surface area contributed by atoms with Crippen molar-refractivity contribution in [3.05, 3.63) is 35.7 Å². The zero-order valence-electron chi connectivity index (χ0n) is 9.51. The van der Waals surface area contributed by atoms with Crippen molar-refractivity contribution in [3.63, 3.8) is 0 Å². The monoisotopic (exact) mass is 247 g/mol. The number of nitrogens with zero attached hydrogens (tertiary/aromatic N) is 2. The zero-order valence-corrected chi connectivity index (χ0v) is 10.3. The molecule has 1 saturated heterocycles. The van der Waals surface area contributed by atoms with Crippen LogP contribution in [0.15, 0.2) is 28.8 Å². The van der Waals surface area contributed by atoms with E-state index < -0.39 is 0 Å². The lowest BCUT2D eigenvalue weighted by molar-refractivity contribution is 0.351. The van der Waals surface area contributed by atoms with Gasteiger partial charge >= 0.3 is 0 Å². The Morgan fingerprint density at radius 1 is 1.35 bits per heavy atom. The standard InChI is InChI=1S/C12H13N3OS/c1-8-2-4-9(5-3-8)11-14-12(16-15-11)10-6-17-7-13-10/h2-5,10,13H,6-7H2,1H3. The van der Waals surface area contributed by atoms with Crippen LogP contribution in [0.3, 0.4) is 0 Å². The first-order valence-electron chi connectivity index (χ1n) is 5.55. The van der Waals surface area contributed by atoms with E-state index in [-0.39, 0.29) is 6.04 Å². The summed E-state index contributed by atoms with van der Waals surface area (Å²) in [5, 5.41) is 7.34. The smallest absolute Gasteiger partial charge is 0.244 e. The van der Waals surface area contributed by atoms with Crippen molar-refractivity contribution in [1.82, 2.24) is 15.5 Å². The molecule has 4 nitrogen and oxygen atoms in total. The first-order valence-corrected chi connectivity index (χ1v) is 6.70. The average molecular weight is 247 g/mol. The third-order valence-corrected chi connectivity index (χ3v) is 3.71. The van der Waals surface area contributed by atoms with Gasteiger partial charge in [-0.1, -0.05) is 35.0 Å². The summed E-state index contributed by atoms with van der Waals surface area (Å²) in [4.78, 5) is 4.44. The van der Waals surface area contributed by atoms with Crippen molar-refractivity contribution in [2.45, 2.75) is 13.0 Å². The molecule has 1 unspecified atom stereocenters. The molecule has 0 spiro atoms. The Morgan fingerprint density at radius 3 is 2.88 bits per heavy atom. The third kappa shape index (κ3) is 2.21. The topological polar surface area (TPSA) is 51.0 Å². The van der Waals surface area contributed by atoms with Crippen LogP contribution in [0.2, 0.25) is 0 Å². The maximum Gasteiger partial charge on any atom is 0.244 e. The van der Waals surface area contributed by atoms with E-state index in [1.165, 1.54) is 5.56 Å². The van der Waals surface area contributed by atoms with Gasteiger partial charge in [0, 0.05) is 17.2 Å². The van der Waals surface area contributed by atoms with Crippen molar-refractivity contribution in [2.75, 3.05) is 11.6 Å². The molecule has 2 aromatic rings. The van der Waals surface area contributed by atoms with Gasteiger partial charge in [0.15, 0.2) is 0 Å². The summed E-state index contributed by atoms with van der Waals surface area (Å²) in [6.07, 6.45) is 0. The third-order valence-electron chi connectivity index (χ3n) is 2.77. The molecular formula is C12H13N3OS. The molecule has 1 fully saturated rings. The fourth-order valence-electron chi connectivity index (χ4n) is 1.75. The van der Waals surface area contributed by atoms with E-state index in [0.29, 0.717) is 11.7 Å². The summed E-state index contributed by atoms with van der Waals surface area (Å²) in [5.74, 6) is 3.30. The second-order valence-electron chi connectivity index (χ2n) is 4.09. The van der Waals surface area contributed by atoms with Crippen LogP contribution in [-0.4, -0.2) is 21.8 Å². The summed E-state index contributed by atoms with van der Waals surface area (Å²) in [5.41, 5.74) is 2.22. The molecule has 1 aromatic heterocycles. The molecule has 0 bridgehead atoms. The van der Waals surface area contributed by atoms with Crippen LogP contribution in [0.1, 0.15) is 17.5 Å². The van der Waals surface area contributed by atoms with Crippen molar-refractivity contribution in [2.24, 2.45) is 0 Å². The van der Waals surface area contributed by atoms with Crippen molar-refractivity contribution in [1.29, 1.82) is 0 Å². The van der Waals surface area contributed by atoms with Crippen molar-refractivity contribution in [3.8, 4) is 11.4 Å². The molecule has 1 atom stereocenters. The lowest BCUT2D eigenvalue weighted by Gasteiger charge is -2.00. The van der Waals surface area contributed by atoms with Gasteiger partial charge in [-0.3, -0.25) is 5.32 Å². The minimum Gasteiger partial charge on any atom is -0.337 e. The maximum absolute atomic E-state index is 5.30. The van der Waals surface area contributed by atoms with E-state index in [0.717, 1.165) is 17.2 Å². The molecule has 3 rings (SSSR count). The highest BCUT2D eigenvalue weighted by molar-refractivity contribution is 7.99. The highest BCUT2D eigenvalue weighted by Gasteiger charge is 2.22. The fourth-order valence-corrected chi connectivity index (χ4v) is 2.68. The predicted octanol–water partition coefficient (Wildman–Crippen LogP) is 2.38. The Hall–Kier alpha value is -1.33. The molecule has 88 valence electrons. The number of hydrogen-bond donors (Lipinski definition) is 1. The number of nitrogens with one attached hydrogen (secondary N) is 1. The highest BCUT2D eigenvalue weighted by Crippen LogP contribution is 2.25. The molecule has 1 N–H and O–H groups in total. The Morgan fingerprint density at radius 2 is 2.18 bits per heavy atom. The molecule has 1 aliphatic rings. The average Bonchev–Trinajstić information content (AvgIpc) is 3.00. The Bertz CT molecular complexity index is 503.